The number of rotatable bonds is 5. The second-order valence-electron chi connectivity index (χ2n) is 6.80. The quantitative estimate of drug-likeness (QED) is 0.612. The number of nitriles is 2. The number of aromatic nitrogens is 2. The molecule has 0 bridgehead atoms. The molecule has 0 aliphatic rings. The molecule has 1 atom stereocenters. The van der Waals surface area contributed by atoms with Gasteiger partial charge in [0.25, 0.3) is 5.56 Å². The number of hydrogen-bond acceptors (Lipinski definition) is 7. The Hall–Kier alpha value is -4.43. The van der Waals surface area contributed by atoms with E-state index in [2.05, 4.69) is 26.8 Å². The first-order valence-electron chi connectivity index (χ1n) is 9.32. The van der Waals surface area contributed by atoms with E-state index in [-0.39, 0.29) is 5.82 Å². The topological polar surface area (TPSA) is 140 Å². The van der Waals surface area contributed by atoms with Crippen molar-refractivity contribution in [1.82, 2.24) is 9.97 Å². The van der Waals surface area contributed by atoms with Crippen LogP contribution in [0.15, 0.2) is 53.3 Å². The fourth-order valence-electron chi connectivity index (χ4n) is 3.54. The summed E-state index contributed by atoms with van der Waals surface area (Å²) in [5.74, 6) is -2.82. The Bertz CT molecular complexity index is 1230. The Morgan fingerprint density at radius 2 is 1.58 bits per heavy atom. The highest BCUT2D eigenvalue weighted by atomic mass is 16.5. The monoisotopic (exact) mass is 414 g/mol. The molecule has 1 unspecified atom stereocenters. The van der Waals surface area contributed by atoms with Crippen LogP contribution >= 0.6 is 0 Å². The van der Waals surface area contributed by atoms with E-state index in [1.54, 1.807) is 55.5 Å². The lowest BCUT2D eigenvalue weighted by Gasteiger charge is -2.26. The summed E-state index contributed by atoms with van der Waals surface area (Å²) in [6, 6.07) is 18.2. The van der Waals surface area contributed by atoms with Crippen LogP contribution in [0.2, 0.25) is 0 Å². The van der Waals surface area contributed by atoms with Crippen molar-refractivity contribution in [3.8, 4) is 17.9 Å². The van der Waals surface area contributed by atoms with E-state index in [1.165, 1.54) is 0 Å². The van der Waals surface area contributed by atoms with E-state index in [0.29, 0.717) is 22.3 Å². The predicted octanol–water partition coefficient (Wildman–Crippen LogP) is 2.94. The fraction of sp³-hybridized carbons (Fsp3) is 0.174. The van der Waals surface area contributed by atoms with Crippen LogP contribution in [0.1, 0.15) is 57.3 Å². The Balaban J connectivity index is 2.28. The van der Waals surface area contributed by atoms with Crippen LogP contribution in [-0.4, -0.2) is 28.2 Å². The van der Waals surface area contributed by atoms with Crippen LogP contribution in [0.4, 0.5) is 0 Å². The van der Waals surface area contributed by atoms with E-state index >= 15 is 0 Å². The molecule has 1 heterocycles. The number of nitrogens with zero attached hydrogens (tertiary/aromatic N) is 3. The van der Waals surface area contributed by atoms with E-state index in [0.717, 1.165) is 7.11 Å². The number of ether oxygens (including phenoxy) is 1. The van der Waals surface area contributed by atoms with Gasteiger partial charge in [-0.2, -0.15) is 10.5 Å². The minimum atomic E-state index is -0.955. The normalized spacial score (nSPS) is 11.4. The number of carbonyl (C=O) groups excluding carboxylic acids is 1. The number of carbonyl (C=O) groups is 1. The predicted molar refractivity (Wildman–Crippen MR) is 110 cm³/mol. The molecule has 0 radical (unpaired) electrons. The van der Waals surface area contributed by atoms with Crippen LogP contribution in [-0.2, 0) is 4.74 Å². The summed E-state index contributed by atoms with van der Waals surface area (Å²) in [4.78, 5) is 30.9. The van der Waals surface area contributed by atoms with Crippen molar-refractivity contribution < 1.29 is 14.6 Å². The van der Waals surface area contributed by atoms with Crippen molar-refractivity contribution >= 4 is 5.97 Å². The third kappa shape index (κ3) is 4.00. The molecular weight excluding hydrogens is 396 g/mol. The molecule has 0 spiro atoms. The molecule has 0 aliphatic heterocycles. The van der Waals surface area contributed by atoms with Crippen LogP contribution in [0.5, 0.6) is 5.75 Å². The lowest BCUT2D eigenvalue weighted by Crippen LogP contribution is -2.22. The Morgan fingerprint density at radius 3 is 2.06 bits per heavy atom. The molecule has 8 heteroatoms. The van der Waals surface area contributed by atoms with Gasteiger partial charge in [-0.1, -0.05) is 43.3 Å². The summed E-state index contributed by atoms with van der Waals surface area (Å²) in [6.07, 6.45) is 0. The number of H-pyrrole nitrogens is 1. The van der Waals surface area contributed by atoms with E-state index < -0.39 is 34.8 Å². The first kappa shape index (κ1) is 21.3. The largest absolute Gasteiger partial charge is 0.501 e. The van der Waals surface area contributed by atoms with Gasteiger partial charge in [0.05, 0.1) is 30.4 Å². The molecular formula is C23H18N4O4. The van der Waals surface area contributed by atoms with Crippen molar-refractivity contribution in [2.75, 3.05) is 7.11 Å². The molecule has 3 rings (SSSR count). The van der Waals surface area contributed by atoms with Crippen molar-refractivity contribution in [3.63, 3.8) is 0 Å². The van der Waals surface area contributed by atoms with Crippen molar-refractivity contribution in [1.29, 1.82) is 10.5 Å². The summed E-state index contributed by atoms with van der Waals surface area (Å²) in [6.45, 7) is 1.75. The lowest BCUT2D eigenvalue weighted by atomic mass is 9.78. The number of aromatic hydroxyl groups is 1. The molecule has 2 N–H and O–H groups in total. The average Bonchev–Trinajstić information content (AvgIpc) is 2.80. The second kappa shape index (κ2) is 8.93. The molecule has 2 aromatic carbocycles. The third-order valence-electron chi connectivity index (χ3n) is 5.06. The van der Waals surface area contributed by atoms with Gasteiger partial charge in [0.1, 0.15) is 5.82 Å². The summed E-state index contributed by atoms with van der Waals surface area (Å²) in [7, 11) is 1.11. The van der Waals surface area contributed by atoms with Crippen LogP contribution in [0.25, 0.3) is 0 Å². The SMILES string of the molecule is COC(=O)c1nc(C(C)C(c2ccccc2C#N)c2ccccc2C#N)[nH]c(=O)c1O. The molecule has 0 amide bonds. The third-order valence-corrected chi connectivity index (χ3v) is 5.06. The maximum Gasteiger partial charge on any atom is 0.360 e. The standard InChI is InChI=1S/C23H18N4O4/c1-13(21-26-19(23(30)31-2)20(28)22(29)27-21)18(16-9-5-3-7-14(16)11-24)17-10-6-4-8-15(17)12-25/h3-10,13,18,28H,1-2H3,(H,26,27,29). The van der Waals surface area contributed by atoms with Crippen LogP contribution in [0, 0.1) is 22.7 Å². The molecule has 1 aromatic heterocycles. The summed E-state index contributed by atoms with van der Waals surface area (Å²) < 4.78 is 4.61. The molecule has 154 valence electrons. The first-order valence-corrected chi connectivity index (χ1v) is 9.32. The number of nitrogens with one attached hydrogen (secondary N) is 1. The first-order chi connectivity index (χ1) is 14.9. The zero-order chi connectivity index (χ0) is 22.5. The molecule has 0 fully saturated rings. The Kier molecular flexibility index (Phi) is 6.13. The number of benzene rings is 2. The smallest absolute Gasteiger partial charge is 0.360 e. The highest BCUT2D eigenvalue weighted by molar-refractivity contribution is 5.89. The molecule has 8 nitrogen and oxygen atoms in total. The van der Waals surface area contributed by atoms with Gasteiger partial charge in [0.15, 0.2) is 5.69 Å². The fourth-order valence-corrected chi connectivity index (χ4v) is 3.54. The van der Waals surface area contributed by atoms with Gasteiger partial charge in [0.2, 0.25) is 5.75 Å². The zero-order valence-corrected chi connectivity index (χ0v) is 16.8. The van der Waals surface area contributed by atoms with Gasteiger partial charge < -0.3 is 14.8 Å². The molecule has 3 aromatic rings. The van der Waals surface area contributed by atoms with Crippen molar-refractivity contribution in [3.05, 3.63) is 92.7 Å². The maximum absolute atomic E-state index is 12.3. The zero-order valence-electron chi connectivity index (χ0n) is 16.8. The maximum atomic E-state index is 12.3. The van der Waals surface area contributed by atoms with Gasteiger partial charge in [-0.25, -0.2) is 9.78 Å². The van der Waals surface area contributed by atoms with Gasteiger partial charge >= 0.3 is 5.97 Å². The van der Waals surface area contributed by atoms with Crippen molar-refractivity contribution in [2.24, 2.45) is 0 Å². The average molecular weight is 414 g/mol. The van der Waals surface area contributed by atoms with Crippen molar-refractivity contribution in [2.45, 2.75) is 18.8 Å². The molecule has 0 aliphatic carbocycles. The number of hydrogen-bond donors (Lipinski definition) is 2. The number of aromatic amines is 1. The summed E-state index contributed by atoms with van der Waals surface area (Å²) in [5.41, 5.74) is 0.682. The molecule has 0 saturated heterocycles. The van der Waals surface area contributed by atoms with Gasteiger partial charge in [-0.15, -0.1) is 0 Å². The Morgan fingerprint density at radius 1 is 1.06 bits per heavy atom. The van der Waals surface area contributed by atoms with Crippen LogP contribution in [0.3, 0.4) is 0 Å². The number of methoxy groups -OCH3 is 1. The lowest BCUT2D eigenvalue weighted by molar-refractivity contribution is 0.0589. The van der Waals surface area contributed by atoms with E-state index in [4.69, 9.17) is 0 Å². The van der Waals surface area contributed by atoms with Gasteiger partial charge in [-0.3, -0.25) is 4.79 Å². The molecule has 0 saturated carbocycles. The summed E-state index contributed by atoms with van der Waals surface area (Å²) >= 11 is 0. The molecule has 31 heavy (non-hydrogen) atoms. The highest BCUT2D eigenvalue weighted by Crippen LogP contribution is 2.39. The summed E-state index contributed by atoms with van der Waals surface area (Å²) in [5, 5.41) is 29.2. The van der Waals surface area contributed by atoms with Crippen LogP contribution < -0.4 is 5.56 Å². The number of esters is 1. The minimum absolute atomic E-state index is 0.105. The van der Waals surface area contributed by atoms with Gasteiger partial charge in [0, 0.05) is 11.8 Å². The van der Waals surface area contributed by atoms with E-state index in [9.17, 15) is 25.2 Å². The highest BCUT2D eigenvalue weighted by Gasteiger charge is 2.30. The Labute approximate surface area is 178 Å². The minimum Gasteiger partial charge on any atom is -0.501 e. The van der Waals surface area contributed by atoms with Gasteiger partial charge in [-0.05, 0) is 23.3 Å². The van der Waals surface area contributed by atoms with E-state index in [1.807, 2.05) is 0 Å². The second-order valence-corrected chi connectivity index (χ2v) is 6.80.